The van der Waals surface area contributed by atoms with Gasteiger partial charge in [0.1, 0.15) is 0 Å². The molecule has 0 aliphatic heterocycles. The lowest BCUT2D eigenvalue weighted by Gasteiger charge is -2.19. The van der Waals surface area contributed by atoms with Crippen LogP contribution in [0.2, 0.25) is 0 Å². The number of hydrogen-bond donors (Lipinski definition) is 3. The number of nitrogens with one attached hydrogen (secondary N) is 1. The first-order valence-electron chi connectivity index (χ1n) is 20.7. The van der Waals surface area contributed by atoms with Crippen LogP contribution in [0.3, 0.4) is 0 Å². The van der Waals surface area contributed by atoms with E-state index >= 15 is 0 Å². The second-order valence-corrected chi connectivity index (χ2v) is 13.7. The van der Waals surface area contributed by atoms with E-state index < -0.39 is 12.1 Å². The van der Waals surface area contributed by atoms with Crippen LogP contribution in [0.1, 0.15) is 187 Å². The molecule has 0 saturated carbocycles. The second kappa shape index (κ2) is 40.3. The lowest BCUT2D eigenvalue weighted by atomic mass is 10.1. The summed E-state index contributed by atoms with van der Waals surface area (Å²) in [5, 5.41) is 22.9. The Morgan fingerprint density at radius 2 is 0.918 bits per heavy atom. The van der Waals surface area contributed by atoms with Crippen molar-refractivity contribution >= 4 is 5.91 Å². The van der Waals surface area contributed by atoms with Gasteiger partial charge in [-0.25, -0.2) is 0 Å². The number of hydrogen-bond acceptors (Lipinski definition) is 3. The number of carbonyl (C=O) groups excluding carboxylic acids is 1. The Morgan fingerprint density at radius 3 is 1.43 bits per heavy atom. The summed E-state index contributed by atoms with van der Waals surface area (Å²) in [7, 11) is 0. The largest absolute Gasteiger partial charge is 0.394 e. The van der Waals surface area contributed by atoms with Gasteiger partial charge in [0.05, 0.1) is 18.8 Å². The minimum absolute atomic E-state index is 0.0859. The molecule has 2 unspecified atom stereocenters. The van der Waals surface area contributed by atoms with Crippen LogP contribution in [0.4, 0.5) is 0 Å². The number of carbonyl (C=O) groups is 1. The second-order valence-electron chi connectivity index (χ2n) is 13.7. The molecule has 282 valence electrons. The fraction of sp³-hybridized carbons (Fsp3) is 0.711. The van der Waals surface area contributed by atoms with Gasteiger partial charge in [-0.1, -0.05) is 183 Å². The van der Waals surface area contributed by atoms with E-state index in [2.05, 4.69) is 79.9 Å². The van der Waals surface area contributed by atoms with Gasteiger partial charge in [-0.2, -0.15) is 0 Å². The number of amides is 1. The zero-order valence-corrected chi connectivity index (χ0v) is 32.2. The van der Waals surface area contributed by atoms with Crippen LogP contribution in [-0.4, -0.2) is 34.9 Å². The minimum Gasteiger partial charge on any atom is -0.394 e. The van der Waals surface area contributed by atoms with Gasteiger partial charge < -0.3 is 15.5 Å². The molecule has 0 saturated heterocycles. The van der Waals surface area contributed by atoms with Crippen molar-refractivity contribution in [2.75, 3.05) is 6.61 Å². The maximum atomic E-state index is 12.4. The number of aliphatic hydroxyl groups is 2. The minimum atomic E-state index is -0.868. The van der Waals surface area contributed by atoms with Gasteiger partial charge in [0.2, 0.25) is 5.91 Å². The third kappa shape index (κ3) is 36.9. The lowest BCUT2D eigenvalue weighted by Crippen LogP contribution is -2.45. The Labute approximate surface area is 304 Å². The first kappa shape index (κ1) is 46.8. The molecule has 0 rings (SSSR count). The maximum absolute atomic E-state index is 12.4. The highest BCUT2D eigenvalue weighted by molar-refractivity contribution is 5.76. The highest BCUT2D eigenvalue weighted by Gasteiger charge is 2.17. The molecule has 49 heavy (non-hydrogen) atoms. The first-order valence-corrected chi connectivity index (χ1v) is 20.7. The maximum Gasteiger partial charge on any atom is 0.220 e. The third-order valence-electron chi connectivity index (χ3n) is 8.92. The van der Waals surface area contributed by atoms with Crippen LogP contribution < -0.4 is 5.32 Å². The van der Waals surface area contributed by atoms with Crippen molar-refractivity contribution in [3.63, 3.8) is 0 Å². The van der Waals surface area contributed by atoms with Crippen LogP contribution in [0.15, 0.2) is 72.9 Å². The van der Waals surface area contributed by atoms with E-state index in [0.29, 0.717) is 6.42 Å². The summed E-state index contributed by atoms with van der Waals surface area (Å²) in [6, 6.07) is -0.646. The molecular formula is C45H79NO3. The number of unbranched alkanes of at least 4 members (excludes halogenated alkanes) is 19. The van der Waals surface area contributed by atoms with Gasteiger partial charge in [0.25, 0.3) is 0 Å². The zero-order chi connectivity index (χ0) is 35.7. The van der Waals surface area contributed by atoms with E-state index in [1.54, 1.807) is 6.08 Å². The number of allylic oxidation sites excluding steroid dienone is 11. The van der Waals surface area contributed by atoms with Crippen molar-refractivity contribution in [3.8, 4) is 0 Å². The molecule has 0 radical (unpaired) electrons. The molecule has 0 fully saturated rings. The topological polar surface area (TPSA) is 69.6 Å². The summed E-state index contributed by atoms with van der Waals surface area (Å²) in [5.41, 5.74) is 0. The van der Waals surface area contributed by atoms with Crippen molar-refractivity contribution < 1.29 is 15.0 Å². The molecule has 0 spiro atoms. The normalized spacial score (nSPS) is 13.8. The van der Waals surface area contributed by atoms with Gasteiger partial charge in [0, 0.05) is 6.42 Å². The van der Waals surface area contributed by atoms with Crippen LogP contribution in [0.5, 0.6) is 0 Å². The lowest BCUT2D eigenvalue weighted by molar-refractivity contribution is -0.123. The summed E-state index contributed by atoms with van der Waals surface area (Å²) in [6.07, 6.45) is 57.1. The molecule has 0 aliphatic rings. The Balaban J connectivity index is 3.67. The van der Waals surface area contributed by atoms with Gasteiger partial charge in [-0.15, -0.1) is 0 Å². The molecule has 1 amide bonds. The number of rotatable bonds is 36. The highest BCUT2D eigenvalue weighted by Crippen LogP contribution is 2.13. The SMILES string of the molecule is CC/C=C\C/C=C\C/C=C\C/C=C\CCCCCCCCCCC(=O)NC(CO)C(O)/C=C/CC/C=C/CCCCCCCCCCCC. The summed E-state index contributed by atoms with van der Waals surface area (Å²) < 4.78 is 0. The van der Waals surface area contributed by atoms with Gasteiger partial charge >= 0.3 is 0 Å². The monoisotopic (exact) mass is 682 g/mol. The summed E-state index contributed by atoms with van der Waals surface area (Å²) in [6.45, 7) is 4.17. The van der Waals surface area contributed by atoms with E-state index in [9.17, 15) is 15.0 Å². The van der Waals surface area contributed by atoms with Crippen molar-refractivity contribution in [1.82, 2.24) is 5.32 Å². The fourth-order valence-corrected chi connectivity index (χ4v) is 5.77. The van der Waals surface area contributed by atoms with Gasteiger partial charge in [0.15, 0.2) is 0 Å². The predicted molar refractivity (Wildman–Crippen MR) is 216 cm³/mol. The van der Waals surface area contributed by atoms with Gasteiger partial charge in [-0.05, 0) is 70.6 Å². The molecule has 0 bridgehead atoms. The average molecular weight is 682 g/mol. The molecule has 4 heteroatoms. The van der Waals surface area contributed by atoms with Crippen molar-refractivity contribution in [3.05, 3.63) is 72.9 Å². The van der Waals surface area contributed by atoms with Crippen molar-refractivity contribution in [2.45, 2.75) is 199 Å². The summed E-state index contributed by atoms with van der Waals surface area (Å²) in [4.78, 5) is 12.4. The summed E-state index contributed by atoms with van der Waals surface area (Å²) >= 11 is 0. The molecule has 3 N–H and O–H groups in total. The Kier molecular flexibility index (Phi) is 38.5. The average Bonchev–Trinajstić information content (AvgIpc) is 3.10. The molecule has 0 heterocycles. The smallest absolute Gasteiger partial charge is 0.220 e. The van der Waals surface area contributed by atoms with E-state index in [4.69, 9.17) is 0 Å². The molecular weight excluding hydrogens is 602 g/mol. The molecule has 0 aromatic carbocycles. The van der Waals surface area contributed by atoms with Crippen LogP contribution in [0.25, 0.3) is 0 Å². The Bertz CT molecular complexity index is 868. The van der Waals surface area contributed by atoms with Crippen LogP contribution in [0, 0.1) is 0 Å². The quantitative estimate of drug-likeness (QED) is 0.0455. The third-order valence-corrected chi connectivity index (χ3v) is 8.92. The molecule has 2 atom stereocenters. The molecule has 0 aromatic rings. The summed E-state index contributed by atoms with van der Waals surface area (Å²) in [5.74, 6) is -0.0859. The van der Waals surface area contributed by atoms with Gasteiger partial charge in [-0.3, -0.25) is 4.79 Å². The highest BCUT2D eigenvalue weighted by atomic mass is 16.3. The number of aliphatic hydroxyl groups excluding tert-OH is 2. The first-order chi connectivity index (χ1) is 24.2. The zero-order valence-electron chi connectivity index (χ0n) is 32.2. The Morgan fingerprint density at radius 1 is 0.510 bits per heavy atom. The molecule has 4 nitrogen and oxygen atoms in total. The van der Waals surface area contributed by atoms with E-state index in [1.807, 2.05) is 6.08 Å². The Hall–Kier alpha value is -2.17. The molecule has 0 aliphatic carbocycles. The predicted octanol–water partition coefficient (Wildman–Crippen LogP) is 12.7. The fourth-order valence-electron chi connectivity index (χ4n) is 5.77. The van der Waals surface area contributed by atoms with E-state index in [0.717, 1.165) is 64.2 Å². The van der Waals surface area contributed by atoms with E-state index in [-0.39, 0.29) is 12.5 Å². The van der Waals surface area contributed by atoms with Crippen LogP contribution >= 0.6 is 0 Å². The van der Waals surface area contributed by atoms with Crippen molar-refractivity contribution in [2.24, 2.45) is 0 Å². The standard InChI is InChI=1S/C45H79NO3/c1-3-5-7-9-11-13-15-17-19-21-22-23-24-25-27-29-31-33-35-37-39-41-45(49)46-43(42-47)44(48)40-38-36-34-32-30-28-26-20-18-16-14-12-10-8-6-4-2/h5,7,11,13,17,19,22-23,30,32,38,40,43-44,47-48H,3-4,6,8-10,12,14-16,18,20-21,24-29,31,33-37,39,41-42H2,1-2H3,(H,46,49)/b7-5-,13-11-,19-17-,23-22-,32-30+,40-38+. The van der Waals surface area contributed by atoms with Crippen molar-refractivity contribution in [1.29, 1.82) is 0 Å². The van der Waals surface area contributed by atoms with E-state index in [1.165, 1.54) is 103 Å². The van der Waals surface area contributed by atoms with Crippen LogP contribution in [-0.2, 0) is 4.79 Å². The molecule has 0 aromatic heterocycles.